The molecule has 0 bridgehead atoms. The van der Waals surface area contributed by atoms with Crippen molar-refractivity contribution in [3.63, 3.8) is 0 Å². The lowest BCUT2D eigenvalue weighted by molar-refractivity contribution is -0.124. The van der Waals surface area contributed by atoms with Crippen LogP contribution in [0, 0.1) is 12.8 Å². The Hall–Kier alpha value is -2.83. The fourth-order valence-electron chi connectivity index (χ4n) is 2.60. The van der Waals surface area contributed by atoms with Crippen molar-refractivity contribution in [3.8, 4) is 11.3 Å². The Labute approximate surface area is 148 Å². The summed E-state index contributed by atoms with van der Waals surface area (Å²) < 4.78 is 1.63. The highest BCUT2D eigenvalue weighted by Crippen LogP contribution is 2.24. The molecule has 0 aliphatic rings. The Morgan fingerprint density at radius 1 is 1.32 bits per heavy atom. The monoisotopic (exact) mass is 343 g/mol. The Bertz CT molecular complexity index is 769. The number of benzene rings is 1. The lowest BCUT2D eigenvalue weighted by Gasteiger charge is -2.21. The molecule has 2 N–H and O–H groups in total. The van der Waals surface area contributed by atoms with Gasteiger partial charge in [-0.1, -0.05) is 31.2 Å². The molecule has 134 valence electrons. The zero-order valence-electron chi connectivity index (χ0n) is 15.3. The lowest BCUT2D eigenvalue weighted by Crippen LogP contribution is -2.39. The minimum atomic E-state index is -0.283. The third-order valence-electron chi connectivity index (χ3n) is 4.12. The summed E-state index contributed by atoms with van der Waals surface area (Å²) in [6.45, 7) is 4.13. The molecule has 0 spiro atoms. The van der Waals surface area contributed by atoms with Gasteiger partial charge in [0.2, 0.25) is 5.91 Å². The van der Waals surface area contributed by atoms with Crippen LogP contribution in [-0.4, -0.2) is 47.3 Å². The number of aromatic nitrogens is 2. The second-order valence-corrected chi connectivity index (χ2v) is 6.18. The predicted octanol–water partition coefficient (Wildman–Crippen LogP) is 2.24. The van der Waals surface area contributed by atoms with Crippen LogP contribution >= 0.6 is 0 Å². The quantitative estimate of drug-likeness (QED) is 0.874. The van der Waals surface area contributed by atoms with Gasteiger partial charge in [0.1, 0.15) is 5.82 Å². The Morgan fingerprint density at radius 3 is 2.64 bits per heavy atom. The van der Waals surface area contributed by atoms with E-state index in [0.717, 1.165) is 16.8 Å². The number of hydrogen-bond acceptors (Lipinski definition) is 3. The van der Waals surface area contributed by atoms with Gasteiger partial charge in [0.25, 0.3) is 0 Å². The van der Waals surface area contributed by atoms with Crippen LogP contribution in [0.25, 0.3) is 11.3 Å². The summed E-state index contributed by atoms with van der Waals surface area (Å²) in [5.41, 5.74) is 2.95. The molecule has 0 fully saturated rings. The number of amides is 3. The molecule has 0 saturated carbocycles. The molecule has 0 aliphatic carbocycles. The van der Waals surface area contributed by atoms with Crippen molar-refractivity contribution >= 4 is 17.8 Å². The Morgan fingerprint density at radius 2 is 2.00 bits per heavy atom. The first kappa shape index (κ1) is 18.5. The standard InChI is InChI=1S/C18H25N5O2/c1-12-8-6-7-9-14(12)15-10-16(23(5)21-15)20-18(25)22(4)11-13(2)17(24)19-3/h6-10,13H,11H2,1-5H3,(H,19,24)(H,20,25). The van der Waals surface area contributed by atoms with Gasteiger partial charge < -0.3 is 10.2 Å². The lowest BCUT2D eigenvalue weighted by atomic mass is 10.1. The molecular formula is C18H25N5O2. The van der Waals surface area contributed by atoms with Crippen LogP contribution in [0.2, 0.25) is 0 Å². The van der Waals surface area contributed by atoms with E-state index in [0.29, 0.717) is 12.4 Å². The largest absolute Gasteiger partial charge is 0.359 e. The number of hydrogen-bond donors (Lipinski definition) is 2. The zero-order valence-corrected chi connectivity index (χ0v) is 15.3. The summed E-state index contributed by atoms with van der Waals surface area (Å²) >= 11 is 0. The van der Waals surface area contributed by atoms with Gasteiger partial charge in [0.15, 0.2) is 0 Å². The number of anilines is 1. The van der Waals surface area contributed by atoms with Crippen LogP contribution in [-0.2, 0) is 11.8 Å². The van der Waals surface area contributed by atoms with Gasteiger partial charge in [-0.25, -0.2) is 4.79 Å². The van der Waals surface area contributed by atoms with Crippen LogP contribution in [0.4, 0.5) is 10.6 Å². The van der Waals surface area contributed by atoms with Crippen molar-refractivity contribution in [1.82, 2.24) is 20.0 Å². The SMILES string of the molecule is CNC(=O)C(C)CN(C)C(=O)Nc1cc(-c2ccccc2C)nn1C. The number of rotatable bonds is 5. The molecule has 1 aromatic heterocycles. The predicted molar refractivity (Wildman–Crippen MR) is 98.3 cm³/mol. The van der Waals surface area contributed by atoms with Crippen molar-refractivity contribution in [2.75, 3.05) is 26.0 Å². The average Bonchev–Trinajstić information content (AvgIpc) is 2.94. The van der Waals surface area contributed by atoms with Crippen molar-refractivity contribution in [1.29, 1.82) is 0 Å². The van der Waals surface area contributed by atoms with E-state index in [-0.39, 0.29) is 17.9 Å². The highest BCUT2D eigenvalue weighted by molar-refractivity contribution is 5.89. The second kappa shape index (κ2) is 7.83. The van der Waals surface area contributed by atoms with E-state index in [1.807, 2.05) is 37.3 Å². The first-order chi connectivity index (χ1) is 11.8. The molecule has 1 aromatic carbocycles. The Kier molecular flexibility index (Phi) is 5.80. The van der Waals surface area contributed by atoms with Crippen LogP contribution in [0.15, 0.2) is 30.3 Å². The molecule has 0 saturated heterocycles. The molecular weight excluding hydrogens is 318 g/mol. The second-order valence-electron chi connectivity index (χ2n) is 6.18. The Balaban J connectivity index is 2.09. The van der Waals surface area contributed by atoms with E-state index in [4.69, 9.17) is 0 Å². The van der Waals surface area contributed by atoms with Crippen molar-refractivity contribution in [2.45, 2.75) is 13.8 Å². The third-order valence-corrected chi connectivity index (χ3v) is 4.12. The number of carbonyl (C=O) groups is 2. The van der Waals surface area contributed by atoms with Crippen molar-refractivity contribution < 1.29 is 9.59 Å². The van der Waals surface area contributed by atoms with Crippen LogP contribution in [0.1, 0.15) is 12.5 Å². The maximum Gasteiger partial charge on any atom is 0.322 e. The summed E-state index contributed by atoms with van der Waals surface area (Å²) in [7, 11) is 5.03. The van der Waals surface area contributed by atoms with E-state index in [1.165, 1.54) is 4.90 Å². The summed E-state index contributed by atoms with van der Waals surface area (Å²) in [4.78, 5) is 25.4. The van der Waals surface area contributed by atoms with Gasteiger partial charge in [-0.2, -0.15) is 5.10 Å². The number of nitrogens with zero attached hydrogens (tertiary/aromatic N) is 3. The summed E-state index contributed by atoms with van der Waals surface area (Å²) in [6, 6.07) is 9.53. The molecule has 1 atom stereocenters. The summed E-state index contributed by atoms with van der Waals surface area (Å²) in [6.07, 6.45) is 0. The van der Waals surface area contributed by atoms with Gasteiger partial charge >= 0.3 is 6.03 Å². The summed E-state index contributed by atoms with van der Waals surface area (Å²) in [5, 5.41) is 9.90. The molecule has 2 aromatic rings. The maximum atomic E-state index is 12.4. The van der Waals surface area contributed by atoms with Crippen LogP contribution < -0.4 is 10.6 Å². The minimum absolute atomic E-state index is 0.0953. The van der Waals surface area contributed by atoms with Gasteiger partial charge in [-0.05, 0) is 12.5 Å². The molecule has 2 rings (SSSR count). The summed E-state index contributed by atoms with van der Waals surface area (Å²) in [5.74, 6) is 0.222. The highest BCUT2D eigenvalue weighted by Gasteiger charge is 2.18. The fourth-order valence-corrected chi connectivity index (χ4v) is 2.60. The normalized spacial score (nSPS) is 11.7. The van der Waals surface area contributed by atoms with Crippen molar-refractivity contribution in [3.05, 3.63) is 35.9 Å². The third kappa shape index (κ3) is 4.37. The topological polar surface area (TPSA) is 79.3 Å². The first-order valence-corrected chi connectivity index (χ1v) is 8.17. The van der Waals surface area contributed by atoms with E-state index in [9.17, 15) is 9.59 Å². The minimum Gasteiger partial charge on any atom is -0.359 e. The van der Waals surface area contributed by atoms with E-state index in [2.05, 4.69) is 15.7 Å². The van der Waals surface area contributed by atoms with Crippen LogP contribution in [0.3, 0.4) is 0 Å². The fraction of sp³-hybridized carbons (Fsp3) is 0.389. The first-order valence-electron chi connectivity index (χ1n) is 8.17. The average molecular weight is 343 g/mol. The number of nitrogens with one attached hydrogen (secondary N) is 2. The molecule has 7 nitrogen and oxygen atoms in total. The molecule has 1 unspecified atom stereocenters. The molecule has 3 amide bonds. The number of carbonyl (C=O) groups excluding carboxylic acids is 2. The van der Waals surface area contributed by atoms with E-state index in [1.54, 1.807) is 32.7 Å². The van der Waals surface area contributed by atoms with Crippen LogP contribution in [0.5, 0.6) is 0 Å². The zero-order chi connectivity index (χ0) is 18.6. The van der Waals surface area contributed by atoms with Gasteiger partial charge in [-0.15, -0.1) is 0 Å². The maximum absolute atomic E-state index is 12.4. The van der Waals surface area contributed by atoms with Gasteiger partial charge in [0.05, 0.1) is 11.6 Å². The molecule has 1 heterocycles. The number of urea groups is 1. The van der Waals surface area contributed by atoms with Crippen molar-refractivity contribution in [2.24, 2.45) is 13.0 Å². The smallest absolute Gasteiger partial charge is 0.322 e. The molecule has 0 radical (unpaired) electrons. The van der Waals surface area contributed by atoms with Gasteiger partial charge in [0, 0.05) is 39.3 Å². The number of aryl methyl sites for hydroxylation is 2. The molecule has 7 heteroatoms. The molecule has 0 aliphatic heterocycles. The van der Waals surface area contributed by atoms with E-state index < -0.39 is 0 Å². The molecule has 25 heavy (non-hydrogen) atoms. The highest BCUT2D eigenvalue weighted by atomic mass is 16.2. The van der Waals surface area contributed by atoms with Gasteiger partial charge in [-0.3, -0.25) is 14.8 Å². The van der Waals surface area contributed by atoms with E-state index >= 15 is 0 Å².